The molecule has 0 radical (unpaired) electrons. The third-order valence-corrected chi connectivity index (χ3v) is 3.74. The first-order valence-electron chi connectivity index (χ1n) is 6.49. The minimum Gasteiger partial charge on any atom is -0.468 e. The summed E-state index contributed by atoms with van der Waals surface area (Å²) < 4.78 is 4.64. The molecule has 0 N–H and O–H groups in total. The van der Waals surface area contributed by atoms with Gasteiger partial charge in [0, 0.05) is 38.3 Å². The molecule has 8 heteroatoms. The molecule has 1 aromatic carbocycles. The van der Waals surface area contributed by atoms with Crippen LogP contribution in [0.3, 0.4) is 0 Å². The number of nitrogens with zero attached hydrogens (tertiary/aromatic N) is 3. The van der Waals surface area contributed by atoms with Crippen molar-refractivity contribution >= 4 is 28.9 Å². The van der Waals surface area contributed by atoms with Crippen molar-refractivity contribution in [1.29, 1.82) is 0 Å². The van der Waals surface area contributed by atoms with Gasteiger partial charge in [0.25, 0.3) is 5.69 Å². The van der Waals surface area contributed by atoms with Crippen LogP contribution in [-0.4, -0.2) is 55.6 Å². The normalized spacial score (nSPS) is 15.8. The molecule has 0 atom stereocenters. The van der Waals surface area contributed by atoms with E-state index >= 15 is 0 Å². The van der Waals surface area contributed by atoms with Crippen LogP contribution in [0.4, 0.5) is 11.4 Å². The molecule has 1 aliphatic heterocycles. The summed E-state index contributed by atoms with van der Waals surface area (Å²) in [5, 5.41) is 11.1. The van der Waals surface area contributed by atoms with Gasteiger partial charge < -0.3 is 9.64 Å². The maximum absolute atomic E-state index is 11.2. The first kappa shape index (κ1) is 15.5. The van der Waals surface area contributed by atoms with Crippen LogP contribution in [0.15, 0.2) is 18.2 Å². The molecule has 1 fully saturated rings. The number of ether oxygens (including phenoxy) is 1. The molecule has 0 aliphatic carbocycles. The fourth-order valence-electron chi connectivity index (χ4n) is 2.26. The zero-order valence-electron chi connectivity index (χ0n) is 11.6. The molecular formula is C13H16ClN3O4. The summed E-state index contributed by atoms with van der Waals surface area (Å²) in [7, 11) is 1.37. The van der Waals surface area contributed by atoms with E-state index in [0.29, 0.717) is 31.2 Å². The Morgan fingerprint density at radius 2 is 2.05 bits per heavy atom. The predicted octanol–water partition coefficient (Wildman–Crippen LogP) is 1.54. The van der Waals surface area contributed by atoms with E-state index in [9.17, 15) is 14.9 Å². The van der Waals surface area contributed by atoms with Crippen LogP contribution in [0, 0.1) is 10.1 Å². The summed E-state index contributed by atoms with van der Waals surface area (Å²) in [6.07, 6.45) is 0. The van der Waals surface area contributed by atoms with E-state index in [0.717, 1.165) is 5.69 Å². The van der Waals surface area contributed by atoms with E-state index in [2.05, 4.69) is 9.64 Å². The molecule has 1 heterocycles. The van der Waals surface area contributed by atoms with Crippen molar-refractivity contribution in [2.45, 2.75) is 0 Å². The van der Waals surface area contributed by atoms with Crippen molar-refractivity contribution in [2.24, 2.45) is 0 Å². The lowest BCUT2D eigenvalue weighted by atomic mass is 10.2. The second-order valence-corrected chi connectivity index (χ2v) is 5.14. The van der Waals surface area contributed by atoms with Gasteiger partial charge in [-0.05, 0) is 6.07 Å². The Morgan fingerprint density at radius 3 is 2.57 bits per heavy atom. The van der Waals surface area contributed by atoms with Gasteiger partial charge in [0.1, 0.15) is 0 Å². The molecule has 0 spiro atoms. The van der Waals surface area contributed by atoms with Crippen molar-refractivity contribution in [3.05, 3.63) is 33.3 Å². The highest BCUT2D eigenvalue weighted by Crippen LogP contribution is 2.30. The maximum atomic E-state index is 11.2. The maximum Gasteiger partial charge on any atom is 0.319 e. The van der Waals surface area contributed by atoms with Crippen LogP contribution in [0.5, 0.6) is 0 Å². The lowest BCUT2D eigenvalue weighted by molar-refractivity contribution is -0.384. The van der Waals surface area contributed by atoms with Crippen LogP contribution in [0.1, 0.15) is 0 Å². The second kappa shape index (κ2) is 6.73. The Bertz CT molecular complexity index is 544. The van der Waals surface area contributed by atoms with E-state index in [-0.39, 0.29) is 18.2 Å². The van der Waals surface area contributed by atoms with E-state index in [1.165, 1.54) is 19.2 Å². The monoisotopic (exact) mass is 313 g/mol. The van der Waals surface area contributed by atoms with Gasteiger partial charge >= 0.3 is 5.97 Å². The number of non-ortho nitro benzene ring substituents is 1. The molecule has 7 nitrogen and oxygen atoms in total. The van der Waals surface area contributed by atoms with Gasteiger partial charge in [-0.25, -0.2) is 0 Å². The van der Waals surface area contributed by atoms with Crippen molar-refractivity contribution in [3.63, 3.8) is 0 Å². The lowest BCUT2D eigenvalue weighted by Crippen LogP contribution is -2.48. The Balaban J connectivity index is 1.99. The minimum atomic E-state index is -0.468. The molecule has 0 unspecified atom stereocenters. The van der Waals surface area contributed by atoms with Crippen molar-refractivity contribution in [3.8, 4) is 0 Å². The molecule has 1 aliphatic rings. The molecule has 1 aromatic rings. The number of halogens is 1. The molecule has 0 bridgehead atoms. The zero-order chi connectivity index (χ0) is 15.4. The van der Waals surface area contributed by atoms with E-state index in [1.54, 1.807) is 6.07 Å². The number of benzene rings is 1. The molecule has 2 rings (SSSR count). The first-order valence-corrected chi connectivity index (χ1v) is 6.87. The van der Waals surface area contributed by atoms with Gasteiger partial charge in [0.15, 0.2) is 0 Å². The SMILES string of the molecule is COC(=O)CN1CCN(c2ccc([N+](=O)[O-])cc2Cl)CC1. The number of hydrogen-bond acceptors (Lipinski definition) is 6. The number of hydrogen-bond donors (Lipinski definition) is 0. The third-order valence-electron chi connectivity index (χ3n) is 3.44. The van der Waals surface area contributed by atoms with Gasteiger partial charge in [-0.15, -0.1) is 0 Å². The van der Waals surface area contributed by atoms with E-state index in [4.69, 9.17) is 11.6 Å². The highest BCUT2D eigenvalue weighted by molar-refractivity contribution is 6.33. The number of piperazine rings is 1. The number of nitro groups is 1. The number of nitro benzene ring substituents is 1. The van der Waals surface area contributed by atoms with Crippen LogP contribution < -0.4 is 4.90 Å². The largest absolute Gasteiger partial charge is 0.468 e. The van der Waals surface area contributed by atoms with Crippen molar-refractivity contribution in [1.82, 2.24) is 4.90 Å². The Hall–Kier alpha value is -1.86. The first-order chi connectivity index (χ1) is 10.0. The van der Waals surface area contributed by atoms with Gasteiger partial charge in [-0.1, -0.05) is 11.6 Å². The summed E-state index contributed by atoms with van der Waals surface area (Å²) in [5.74, 6) is -0.253. The Morgan fingerprint density at radius 1 is 1.38 bits per heavy atom. The number of esters is 1. The van der Waals surface area contributed by atoms with Gasteiger partial charge in [-0.3, -0.25) is 19.8 Å². The molecule has 114 valence electrons. The molecule has 0 aromatic heterocycles. The fraction of sp³-hybridized carbons (Fsp3) is 0.462. The average molecular weight is 314 g/mol. The standard InChI is InChI=1S/C13H16ClN3O4/c1-21-13(18)9-15-4-6-16(7-5-15)12-3-2-10(17(19)20)8-11(12)14/h2-3,8H,4-7,9H2,1H3. The van der Waals surface area contributed by atoms with Crippen molar-refractivity contribution in [2.75, 3.05) is 44.7 Å². The number of anilines is 1. The molecular weight excluding hydrogens is 298 g/mol. The van der Waals surface area contributed by atoms with Gasteiger partial charge in [-0.2, -0.15) is 0 Å². The number of rotatable bonds is 4. The Labute approximate surface area is 127 Å². The second-order valence-electron chi connectivity index (χ2n) is 4.73. The highest BCUT2D eigenvalue weighted by Gasteiger charge is 2.21. The van der Waals surface area contributed by atoms with Gasteiger partial charge in [0.05, 0.1) is 29.3 Å². The smallest absolute Gasteiger partial charge is 0.319 e. The summed E-state index contributed by atoms with van der Waals surface area (Å²) in [6, 6.07) is 4.47. The summed E-state index contributed by atoms with van der Waals surface area (Å²) in [5.41, 5.74) is 0.757. The van der Waals surface area contributed by atoms with Gasteiger partial charge in [0.2, 0.25) is 0 Å². The molecule has 21 heavy (non-hydrogen) atoms. The van der Waals surface area contributed by atoms with Crippen LogP contribution >= 0.6 is 11.6 Å². The van der Waals surface area contributed by atoms with Crippen LogP contribution in [-0.2, 0) is 9.53 Å². The highest BCUT2D eigenvalue weighted by atomic mass is 35.5. The van der Waals surface area contributed by atoms with Crippen molar-refractivity contribution < 1.29 is 14.5 Å². The third kappa shape index (κ3) is 3.83. The molecule has 0 saturated carbocycles. The molecule has 1 saturated heterocycles. The topological polar surface area (TPSA) is 75.9 Å². The summed E-state index contributed by atoms with van der Waals surface area (Å²) >= 11 is 6.12. The van der Waals surface area contributed by atoms with Crippen LogP contribution in [0.25, 0.3) is 0 Å². The minimum absolute atomic E-state index is 0.0203. The predicted molar refractivity (Wildman–Crippen MR) is 78.8 cm³/mol. The van der Waals surface area contributed by atoms with Crippen LogP contribution in [0.2, 0.25) is 5.02 Å². The summed E-state index contributed by atoms with van der Waals surface area (Å²) in [6.45, 7) is 3.10. The number of carbonyl (C=O) groups excluding carboxylic acids is 1. The fourth-order valence-corrected chi connectivity index (χ4v) is 2.55. The van der Waals surface area contributed by atoms with E-state index < -0.39 is 4.92 Å². The number of carbonyl (C=O) groups is 1. The lowest BCUT2D eigenvalue weighted by Gasteiger charge is -2.35. The quantitative estimate of drug-likeness (QED) is 0.477. The summed E-state index contributed by atoms with van der Waals surface area (Å²) in [4.78, 5) is 25.5. The Kier molecular flexibility index (Phi) is 4.98. The number of methoxy groups -OCH3 is 1. The molecule has 0 amide bonds. The van der Waals surface area contributed by atoms with E-state index in [1.807, 2.05) is 4.90 Å². The average Bonchev–Trinajstić information content (AvgIpc) is 2.48. The zero-order valence-corrected chi connectivity index (χ0v) is 12.4.